The summed E-state index contributed by atoms with van der Waals surface area (Å²) in [5.41, 5.74) is 2.40. The first kappa shape index (κ1) is 17.1. The van der Waals surface area contributed by atoms with Crippen molar-refractivity contribution >= 4 is 12.1 Å². The lowest BCUT2D eigenvalue weighted by molar-refractivity contribution is -0.0999. The number of rotatable bonds is 7. The van der Waals surface area contributed by atoms with Crippen LogP contribution in [-0.4, -0.2) is 73.7 Å². The number of aromatic nitrogens is 1. The van der Waals surface area contributed by atoms with Crippen LogP contribution in [0, 0.1) is 0 Å². The Labute approximate surface area is 120 Å². The molecule has 1 aromatic heterocycles. The maximum absolute atomic E-state index is 11.6. The van der Waals surface area contributed by atoms with Crippen molar-refractivity contribution in [3.8, 4) is 0 Å². The van der Waals surface area contributed by atoms with Crippen LogP contribution in [0.15, 0.2) is 29.6 Å². The predicted molar refractivity (Wildman–Crippen MR) is 71.3 cm³/mol. The van der Waals surface area contributed by atoms with E-state index in [9.17, 15) is 20.1 Å². The second-order valence-corrected chi connectivity index (χ2v) is 4.18. The second kappa shape index (κ2) is 8.39. The molecule has 1 aromatic rings. The lowest BCUT2D eigenvalue weighted by Gasteiger charge is -2.23. The first-order valence-corrected chi connectivity index (χ1v) is 6.04. The summed E-state index contributed by atoms with van der Waals surface area (Å²) in [6.07, 6.45) is -3.14. The average molecular weight is 299 g/mol. The van der Waals surface area contributed by atoms with Crippen LogP contribution in [0.3, 0.4) is 0 Å². The van der Waals surface area contributed by atoms with Crippen LogP contribution in [0.5, 0.6) is 0 Å². The van der Waals surface area contributed by atoms with E-state index >= 15 is 0 Å². The average Bonchev–Trinajstić information content (AvgIpc) is 2.53. The highest BCUT2D eigenvalue weighted by Gasteiger charge is 2.29. The fourth-order valence-corrected chi connectivity index (χ4v) is 1.37. The van der Waals surface area contributed by atoms with Gasteiger partial charge in [-0.15, -0.1) is 0 Å². The van der Waals surface area contributed by atoms with E-state index < -0.39 is 36.9 Å². The van der Waals surface area contributed by atoms with Gasteiger partial charge < -0.3 is 25.5 Å². The molecule has 1 amide bonds. The molecule has 0 bridgehead atoms. The van der Waals surface area contributed by atoms with Crippen molar-refractivity contribution in [3.63, 3.8) is 0 Å². The SMILES string of the molecule is O=C(N/N=C/[C@H](O)[C@H](O)[C@H](O)[C@@H](O)CO)c1ccncc1. The van der Waals surface area contributed by atoms with E-state index in [1.54, 1.807) is 0 Å². The Hall–Kier alpha value is -1.91. The quantitative estimate of drug-likeness (QED) is 0.235. The Bertz CT molecular complexity index is 469. The van der Waals surface area contributed by atoms with Gasteiger partial charge in [0.15, 0.2) is 0 Å². The number of hydrogen-bond donors (Lipinski definition) is 6. The molecule has 0 aromatic carbocycles. The van der Waals surface area contributed by atoms with Gasteiger partial charge in [-0.05, 0) is 12.1 Å². The van der Waals surface area contributed by atoms with Crippen molar-refractivity contribution in [2.45, 2.75) is 24.4 Å². The summed E-state index contributed by atoms with van der Waals surface area (Å²) in [4.78, 5) is 15.3. The lowest BCUT2D eigenvalue weighted by Crippen LogP contribution is -2.46. The number of pyridine rings is 1. The summed E-state index contributed by atoms with van der Waals surface area (Å²) in [6, 6.07) is 2.91. The minimum atomic E-state index is -1.77. The fraction of sp³-hybridized carbons (Fsp3) is 0.417. The molecule has 9 heteroatoms. The molecule has 0 radical (unpaired) electrons. The van der Waals surface area contributed by atoms with E-state index in [-0.39, 0.29) is 0 Å². The van der Waals surface area contributed by atoms with E-state index in [1.165, 1.54) is 24.5 Å². The molecule has 1 rings (SSSR count). The Morgan fingerprint density at radius 2 is 1.86 bits per heavy atom. The van der Waals surface area contributed by atoms with Crippen LogP contribution < -0.4 is 5.43 Å². The van der Waals surface area contributed by atoms with Crippen molar-refractivity contribution in [2.24, 2.45) is 5.10 Å². The number of carbonyl (C=O) groups excluding carboxylic acids is 1. The van der Waals surface area contributed by atoms with Crippen LogP contribution in [0.1, 0.15) is 10.4 Å². The third kappa shape index (κ3) is 5.17. The van der Waals surface area contributed by atoms with Gasteiger partial charge in [0, 0.05) is 18.0 Å². The molecule has 21 heavy (non-hydrogen) atoms. The van der Waals surface area contributed by atoms with E-state index in [2.05, 4.69) is 15.5 Å². The Morgan fingerprint density at radius 1 is 1.24 bits per heavy atom. The van der Waals surface area contributed by atoms with E-state index in [0.29, 0.717) is 5.56 Å². The molecular weight excluding hydrogens is 282 g/mol. The van der Waals surface area contributed by atoms with Gasteiger partial charge in [0.2, 0.25) is 0 Å². The molecule has 0 fully saturated rings. The molecular formula is C12H17N3O6. The zero-order valence-electron chi connectivity index (χ0n) is 10.9. The maximum atomic E-state index is 11.6. The molecule has 6 N–H and O–H groups in total. The monoisotopic (exact) mass is 299 g/mol. The Morgan fingerprint density at radius 3 is 2.43 bits per heavy atom. The number of nitrogens with one attached hydrogen (secondary N) is 1. The van der Waals surface area contributed by atoms with Gasteiger partial charge >= 0.3 is 0 Å². The molecule has 0 spiro atoms. The molecule has 1 heterocycles. The van der Waals surface area contributed by atoms with E-state index in [4.69, 9.17) is 10.2 Å². The smallest absolute Gasteiger partial charge is 0.271 e. The molecule has 0 aliphatic rings. The number of hydrogen-bond acceptors (Lipinski definition) is 8. The molecule has 116 valence electrons. The van der Waals surface area contributed by atoms with Gasteiger partial charge in [0.25, 0.3) is 5.91 Å². The third-order valence-electron chi connectivity index (χ3n) is 2.62. The van der Waals surface area contributed by atoms with Crippen molar-refractivity contribution in [1.82, 2.24) is 10.4 Å². The van der Waals surface area contributed by atoms with Crippen LogP contribution in [0.2, 0.25) is 0 Å². The summed E-state index contributed by atoms with van der Waals surface area (Å²) in [6.45, 7) is -0.777. The Kier molecular flexibility index (Phi) is 6.85. The summed E-state index contributed by atoms with van der Waals surface area (Å²) >= 11 is 0. The molecule has 0 aliphatic carbocycles. The Balaban J connectivity index is 2.51. The van der Waals surface area contributed by atoms with Crippen LogP contribution in [-0.2, 0) is 0 Å². The molecule has 0 saturated heterocycles. The highest BCUT2D eigenvalue weighted by atomic mass is 16.4. The third-order valence-corrected chi connectivity index (χ3v) is 2.62. The summed E-state index contributed by atoms with van der Waals surface area (Å²) in [5, 5.41) is 49.5. The van der Waals surface area contributed by atoms with Gasteiger partial charge in [-0.25, -0.2) is 5.43 Å². The molecule has 0 saturated carbocycles. The van der Waals surface area contributed by atoms with Crippen molar-refractivity contribution < 1.29 is 30.3 Å². The zero-order valence-corrected chi connectivity index (χ0v) is 10.9. The zero-order chi connectivity index (χ0) is 15.8. The summed E-state index contributed by atoms with van der Waals surface area (Å²) < 4.78 is 0. The van der Waals surface area contributed by atoms with Gasteiger partial charge in [-0.2, -0.15) is 5.10 Å². The molecule has 4 atom stereocenters. The van der Waals surface area contributed by atoms with Gasteiger partial charge in [0.05, 0.1) is 12.8 Å². The van der Waals surface area contributed by atoms with Crippen molar-refractivity contribution in [3.05, 3.63) is 30.1 Å². The van der Waals surface area contributed by atoms with Gasteiger partial charge in [0.1, 0.15) is 24.4 Å². The van der Waals surface area contributed by atoms with E-state index in [1.807, 2.05) is 0 Å². The number of aliphatic hydroxyl groups is 5. The van der Waals surface area contributed by atoms with Crippen LogP contribution >= 0.6 is 0 Å². The standard InChI is InChI=1S/C12H17N3O6/c16-6-9(18)11(20)10(19)8(17)5-14-15-12(21)7-1-3-13-4-2-7/h1-5,8-11,16-20H,6H2,(H,15,21)/b14-5+/t8-,9-,10-,11+/m0/s1. The molecule has 0 unspecified atom stereocenters. The fourth-order valence-electron chi connectivity index (χ4n) is 1.37. The normalized spacial score (nSPS) is 17.2. The first-order chi connectivity index (χ1) is 9.97. The van der Waals surface area contributed by atoms with Gasteiger partial charge in [-0.3, -0.25) is 9.78 Å². The second-order valence-electron chi connectivity index (χ2n) is 4.18. The highest BCUT2D eigenvalue weighted by Crippen LogP contribution is 2.03. The first-order valence-electron chi connectivity index (χ1n) is 6.04. The number of hydrazone groups is 1. The van der Waals surface area contributed by atoms with Crippen LogP contribution in [0.25, 0.3) is 0 Å². The van der Waals surface area contributed by atoms with Crippen LogP contribution in [0.4, 0.5) is 0 Å². The van der Waals surface area contributed by atoms with E-state index in [0.717, 1.165) is 6.21 Å². The minimum absolute atomic E-state index is 0.299. The summed E-state index contributed by atoms with van der Waals surface area (Å²) in [5.74, 6) is -0.550. The summed E-state index contributed by atoms with van der Waals surface area (Å²) in [7, 11) is 0. The van der Waals surface area contributed by atoms with Gasteiger partial charge in [-0.1, -0.05) is 0 Å². The molecule has 0 aliphatic heterocycles. The number of amides is 1. The maximum Gasteiger partial charge on any atom is 0.271 e. The highest BCUT2D eigenvalue weighted by molar-refractivity contribution is 5.94. The molecule has 9 nitrogen and oxygen atoms in total. The van der Waals surface area contributed by atoms with Crippen molar-refractivity contribution in [2.75, 3.05) is 6.61 Å². The lowest BCUT2D eigenvalue weighted by atomic mass is 10.0. The topological polar surface area (TPSA) is 156 Å². The largest absolute Gasteiger partial charge is 0.394 e. The number of nitrogens with zero attached hydrogens (tertiary/aromatic N) is 2. The predicted octanol–water partition coefficient (Wildman–Crippen LogP) is -2.77. The minimum Gasteiger partial charge on any atom is -0.394 e. The van der Waals surface area contributed by atoms with Crippen molar-refractivity contribution in [1.29, 1.82) is 0 Å². The number of carbonyl (C=O) groups is 1. The number of aliphatic hydroxyl groups excluding tert-OH is 5.